The standard InChI is InChI=1S/C10H16N2OS/c1-10(2,8-5-4-6-14-8)12-9(13)7-11-3/h4-6,11H,7H2,1-3H3,(H,12,13). The van der Waals surface area contributed by atoms with Crippen molar-refractivity contribution in [1.82, 2.24) is 10.6 Å². The number of thiophene rings is 1. The summed E-state index contributed by atoms with van der Waals surface area (Å²) in [4.78, 5) is 12.6. The van der Waals surface area contributed by atoms with Gasteiger partial charge in [0, 0.05) is 4.88 Å². The summed E-state index contributed by atoms with van der Waals surface area (Å²) in [5, 5.41) is 7.81. The molecule has 0 aliphatic heterocycles. The summed E-state index contributed by atoms with van der Waals surface area (Å²) in [5.74, 6) is 0.0194. The van der Waals surface area contributed by atoms with Crippen LogP contribution in [0.1, 0.15) is 18.7 Å². The first-order valence-electron chi connectivity index (χ1n) is 4.56. The molecule has 1 rings (SSSR count). The van der Waals surface area contributed by atoms with E-state index in [0.717, 1.165) is 0 Å². The van der Waals surface area contributed by atoms with Gasteiger partial charge in [-0.05, 0) is 32.3 Å². The van der Waals surface area contributed by atoms with Gasteiger partial charge in [-0.2, -0.15) is 0 Å². The topological polar surface area (TPSA) is 41.1 Å². The number of nitrogens with one attached hydrogen (secondary N) is 2. The predicted molar refractivity (Wildman–Crippen MR) is 59.4 cm³/mol. The van der Waals surface area contributed by atoms with E-state index in [-0.39, 0.29) is 11.4 Å². The highest BCUT2D eigenvalue weighted by Crippen LogP contribution is 2.24. The molecule has 0 bridgehead atoms. The largest absolute Gasteiger partial charge is 0.345 e. The Morgan fingerprint density at radius 1 is 1.57 bits per heavy atom. The third-order valence-electron chi connectivity index (χ3n) is 1.93. The van der Waals surface area contributed by atoms with E-state index < -0.39 is 0 Å². The van der Waals surface area contributed by atoms with E-state index in [1.165, 1.54) is 4.88 Å². The van der Waals surface area contributed by atoms with Gasteiger partial charge in [0.1, 0.15) is 0 Å². The Bertz CT molecular complexity index is 293. The minimum Gasteiger partial charge on any atom is -0.345 e. The van der Waals surface area contributed by atoms with Crippen molar-refractivity contribution < 1.29 is 4.79 Å². The molecule has 0 saturated heterocycles. The lowest BCUT2D eigenvalue weighted by Gasteiger charge is -2.24. The average Bonchev–Trinajstić information content (AvgIpc) is 2.54. The fraction of sp³-hybridized carbons (Fsp3) is 0.500. The molecule has 1 aromatic rings. The Balaban J connectivity index is 2.63. The summed E-state index contributed by atoms with van der Waals surface area (Å²) in [6, 6.07) is 4.02. The maximum atomic E-state index is 11.4. The first kappa shape index (κ1) is 11.2. The molecule has 1 heterocycles. The normalized spacial score (nSPS) is 11.4. The minimum absolute atomic E-state index is 0.0194. The van der Waals surface area contributed by atoms with E-state index in [2.05, 4.69) is 10.6 Å². The summed E-state index contributed by atoms with van der Waals surface area (Å²) in [6.07, 6.45) is 0. The van der Waals surface area contributed by atoms with Crippen molar-refractivity contribution in [2.75, 3.05) is 13.6 Å². The molecular weight excluding hydrogens is 196 g/mol. The molecule has 0 saturated carbocycles. The predicted octanol–water partition coefficient (Wildman–Crippen LogP) is 1.32. The summed E-state index contributed by atoms with van der Waals surface area (Å²) < 4.78 is 0. The second-order valence-electron chi connectivity index (χ2n) is 3.68. The highest BCUT2D eigenvalue weighted by atomic mass is 32.1. The Kier molecular flexibility index (Phi) is 3.66. The van der Waals surface area contributed by atoms with Crippen molar-refractivity contribution in [3.8, 4) is 0 Å². The molecule has 3 nitrogen and oxygen atoms in total. The maximum absolute atomic E-state index is 11.4. The molecule has 0 fully saturated rings. The third kappa shape index (κ3) is 2.82. The SMILES string of the molecule is CNCC(=O)NC(C)(C)c1cccs1. The van der Waals surface area contributed by atoms with Crippen molar-refractivity contribution in [3.05, 3.63) is 22.4 Å². The lowest BCUT2D eigenvalue weighted by molar-refractivity contribution is -0.121. The minimum atomic E-state index is -0.276. The molecule has 1 amide bonds. The van der Waals surface area contributed by atoms with Crippen molar-refractivity contribution in [2.45, 2.75) is 19.4 Å². The van der Waals surface area contributed by atoms with E-state index in [9.17, 15) is 4.79 Å². The number of carbonyl (C=O) groups excluding carboxylic acids is 1. The van der Waals surface area contributed by atoms with Crippen LogP contribution in [0, 0.1) is 0 Å². The summed E-state index contributed by atoms with van der Waals surface area (Å²) in [5.41, 5.74) is -0.276. The Hall–Kier alpha value is -0.870. The molecule has 4 heteroatoms. The zero-order valence-corrected chi connectivity index (χ0v) is 9.57. The molecule has 14 heavy (non-hydrogen) atoms. The number of carbonyl (C=O) groups is 1. The molecule has 0 spiro atoms. The van der Waals surface area contributed by atoms with Crippen LogP contribution in [0.5, 0.6) is 0 Å². The molecule has 0 aliphatic carbocycles. The van der Waals surface area contributed by atoms with Gasteiger partial charge in [0.2, 0.25) is 5.91 Å². The summed E-state index contributed by atoms with van der Waals surface area (Å²) in [6.45, 7) is 4.37. The van der Waals surface area contributed by atoms with E-state index in [1.807, 2.05) is 31.4 Å². The van der Waals surface area contributed by atoms with E-state index in [0.29, 0.717) is 6.54 Å². The second-order valence-corrected chi connectivity index (χ2v) is 4.63. The number of hydrogen-bond donors (Lipinski definition) is 2. The van der Waals surface area contributed by atoms with Gasteiger partial charge < -0.3 is 10.6 Å². The van der Waals surface area contributed by atoms with Gasteiger partial charge in [0.25, 0.3) is 0 Å². The van der Waals surface area contributed by atoms with Gasteiger partial charge in [-0.15, -0.1) is 11.3 Å². The van der Waals surface area contributed by atoms with Gasteiger partial charge >= 0.3 is 0 Å². The van der Waals surface area contributed by atoms with Gasteiger partial charge in [0.05, 0.1) is 12.1 Å². The van der Waals surface area contributed by atoms with Crippen LogP contribution in [0.2, 0.25) is 0 Å². The number of hydrogen-bond acceptors (Lipinski definition) is 3. The first-order chi connectivity index (χ1) is 6.56. The molecule has 0 aromatic carbocycles. The molecule has 2 N–H and O–H groups in total. The molecule has 0 atom stereocenters. The quantitative estimate of drug-likeness (QED) is 0.790. The fourth-order valence-corrected chi connectivity index (χ4v) is 2.06. The van der Waals surface area contributed by atoms with Crippen LogP contribution in [0.25, 0.3) is 0 Å². The van der Waals surface area contributed by atoms with Crippen molar-refractivity contribution in [3.63, 3.8) is 0 Å². The summed E-state index contributed by atoms with van der Waals surface area (Å²) >= 11 is 1.65. The molecule has 78 valence electrons. The van der Waals surface area contributed by atoms with Gasteiger partial charge in [-0.1, -0.05) is 6.07 Å². The molecule has 0 unspecified atom stereocenters. The first-order valence-corrected chi connectivity index (χ1v) is 5.44. The van der Waals surface area contributed by atoms with Crippen LogP contribution < -0.4 is 10.6 Å². The second kappa shape index (κ2) is 4.57. The zero-order valence-electron chi connectivity index (χ0n) is 8.76. The van der Waals surface area contributed by atoms with Crippen LogP contribution in [0.4, 0.5) is 0 Å². The van der Waals surface area contributed by atoms with E-state index >= 15 is 0 Å². The molecular formula is C10H16N2OS. The highest BCUT2D eigenvalue weighted by molar-refractivity contribution is 7.10. The number of amides is 1. The number of rotatable bonds is 4. The van der Waals surface area contributed by atoms with Crippen LogP contribution >= 0.6 is 11.3 Å². The van der Waals surface area contributed by atoms with Crippen molar-refractivity contribution >= 4 is 17.2 Å². The van der Waals surface area contributed by atoms with Crippen molar-refractivity contribution in [1.29, 1.82) is 0 Å². The van der Waals surface area contributed by atoms with Gasteiger partial charge in [0.15, 0.2) is 0 Å². The zero-order chi connectivity index (χ0) is 10.6. The van der Waals surface area contributed by atoms with E-state index in [1.54, 1.807) is 18.4 Å². The Morgan fingerprint density at radius 2 is 2.29 bits per heavy atom. The Labute approximate surface area is 88.5 Å². The average molecular weight is 212 g/mol. The van der Waals surface area contributed by atoms with Gasteiger partial charge in [-0.3, -0.25) is 4.79 Å². The maximum Gasteiger partial charge on any atom is 0.234 e. The fourth-order valence-electron chi connectivity index (χ4n) is 1.25. The smallest absolute Gasteiger partial charge is 0.234 e. The van der Waals surface area contributed by atoms with Crippen LogP contribution in [0.3, 0.4) is 0 Å². The molecule has 1 aromatic heterocycles. The monoisotopic (exact) mass is 212 g/mol. The van der Waals surface area contributed by atoms with Crippen LogP contribution in [0.15, 0.2) is 17.5 Å². The van der Waals surface area contributed by atoms with Crippen LogP contribution in [-0.4, -0.2) is 19.5 Å². The third-order valence-corrected chi connectivity index (χ3v) is 3.12. The highest BCUT2D eigenvalue weighted by Gasteiger charge is 2.23. The van der Waals surface area contributed by atoms with Crippen molar-refractivity contribution in [2.24, 2.45) is 0 Å². The lowest BCUT2D eigenvalue weighted by Crippen LogP contribution is -2.43. The lowest BCUT2D eigenvalue weighted by atomic mass is 10.0. The molecule has 0 aliphatic rings. The van der Waals surface area contributed by atoms with Gasteiger partial charge in [-0.25, -0.2) is 0 Å². The summed E-state index contributed by atoms with van der Waals surface area (Å²) in [7, 11) is 1.76. The van der Waals surface area contributed by atoms with Crippen LogP contribution in [-0.2, 0) is 10.3 Å². The van der Waals surface area contributed by atoms with E-state index in [4.69, 9.17) is 0 Å². The Morgan fingerprint density at radius 3 is 2.79 bits per heavy atom. The number of likely N-dealkylation sites (N-methyl/N-ethyl adjacent to an activating group) is 1. The molecule has 0 radical (unpaired) electrons.